The monoisotopic (exact) mass is 292 g/mol. The van der Waals surface area contributed by atoms with Crippen LogP contribution in [0.4, 0.5) is 0 Å². The summed E-state index contributed by atoms with van der Waals surface area (Å²) in [5, 5.41) is 18.6. The first-order chi connectivity index (χ1) is 7.76. The van der Waals surface area contributed by atoms with Crippen LogP contribution >= 0.6 is 46.2 Å². The van der Waals surface area contributed by atoms with Gasteiger partial charge in [0.1, 0.15) is 0 Å². The molecule has 2 N–H and O–H groups in total. The molecule has 0 saturated heterocycles. The van der Waals surface area contributed by atoms with Crippen LogP contribution in [-0.4, -0.2) is 22.7 Å². The van der Waals surface area contributed by atoms with E-state index in [0.717, 1.165) is 9.75 Å². The Morgan fingerprint density at radius 3 is 1.50 bits per heavy atom. The highest BCUT2D eigenvalue weighted by Gasteiger charge is 2.19. The molecule has 0 unspecified atom stereocenters. The first kappa shape index (κ1) is 12.7. The van der Waals surface area contributed by atoms with Crippen molar-refractivity contribution in [2.45, 2.75) is 23.0 Å². The van der Waals surface area contributed by atoms with Crippen LogP contribution in [0.2, 0.25) is 0 Å². The summed E-state index contributed by atoms with van der Waals surface area (Å²) in [5.74, 6) is 0. The Labute approximate surface area is 111 Å². The van der Waals surface area contributed by atoms with Crippen LogP contribution in [0.25, 0.3) is 9.40 Å². The van der Waals surface area contributed by atoms with Crippen molar-refractivity contribution in [1.82, 2.24) is 0 Å². The number of aliphatic hydroxyl groups excluding tert-OH is 2. The lowest BCUT2D eigenvalue weighted by molar-refractivity contribution is 0.283. The molecule has 0 fully saturated rings. The third-order valence-electron chi connectivity index (χ3n) is 2.27. The number of thioether (sulfide) groups is 2. The zero-order valence-electron chi connectivity index (χ0n) is 8.94. The zero-order chi connectivity index (χ0) is 11.7. The van der Waals surface area contributed by atoms with Gasteiger partial charge in [0.25, 0.3) is 0 Å². The van der Waals surface area contributed by atoms with E-state index < -0.39 is 0 Å². The molecule has 0 atom stereocenters. The maximum atomic E-state index is 9.30. The van der Waals surface area contributed by atoms with Gasteiger partial charge in [0.05, 0.1) is 22.6 Å². The average molecular weight is 292 g/mol. The minimum atomic E-state index is 0.102. The van der Waals surface area contributed by atoms with Crippen molar-refractivity contribution in [3.63, 3.8) is 0 Å². The molecule has 2 nitrogen and oxygen atoms in total. The van der Waals surface area contributed by atoms with Crippen molar-refractivity contribution in [2.75, 3.05) is 12.5 Å². The van der Waals surface area contributed by atoms with Gasteiger partial charge in [-0.3, -0.25) is 0 Å². The molecular formula is C10H12O2S4. The molecule has 16 heavy (non-hydrogen) atoms. The van der Waals surface area contributed by atoms with Crippen LogP contribution in [-0.2, 0) is 13.2 Å². The minimum Gasteiger partial charge on any atom is -0.391 e. The third kappa shape index (κ3) is 1.91. The molecule has 2 heterocycles. The lowest BCUT2D eigenvalue weighted by atomic mass is 10.4. The fourth-order valence-electron chi connectivity index (χ4n) is 1.61. The van der Waals surface area contributed by atoms with Crippen LogP contribution in [0.1, 0.15) is 9.75 Å². The topological polar surface area (TPSA) is 40.5 Å². The van der Waals surface area contributed by atoms with E-state index in [-0.39, 0.29) is 13.2 Å². The molecule has 2 aromatic rings. The van der Waals surface area contributed by atoms with Gasteiger partial charge in [0.2, 0.25) is 0 Å². The normalized spacial score (nSPS) is 11.5. The van der Waals surface area contributed by atoms with Crippen LogP contribution in [0.5, 0.6) is 0 Å². The summed E-state index contributed by atoms with van der Waals surface area (Å²) < 4.78 is 2.44. The van der Waals surface area contributed by atoms with Crippen LogP contribution < -0.4 is 0 Å². The Morgan fingerprint density at radius 2 is 1.25 bits per heavy atom. The summed E-state index contributed by atoms with van der Waals surface area (Å²) in [5.41, 5.74) is 0. The fourth-order valence-corrected chi connectivity index (χ4v) is 6.61. The molecule has 0 aliphatic heterocycles. The van der Waals surface area contributed by atoms with E-state index in [9.17, 15) is 10.2 Å². The molecule has 0 saturated carbocycles. The molecule has 0 radical (unpaired) electrons. The lowest BCUT2D eigenvalue weighted by Gasteiger charge is -1.97. The Hall–Kier alpha value is 0.280. The van der Waals surface area contributed by atoms with Gasteiger partial charge >= 0.3 is 0 Å². The summed E-state index contributed by atoms with van der Waals surface area (Å²) in [4.78, 5) is 4.41. The number of rotatable bonds is 4. The predicted octanol–water partition coefficient (Wildman–Crippen LogP) is 3.39. The second-order valence-corrected chi connectivity index (χ2v) is 6.93. The lowest BCUT2D eigenvalue weighted by Crippen LogP contribution is -1.79. The zero-order valence-corrected chi connectivity index (χ0v) is 12.2. The Balaban J connectivity index is 2.71. The fraction of sp³-hybridized carbons (Fsp3) is 0.400. The summed E-state index contributed by atoms with van der Waals surface area (Å²) >= 11 is 6.63. The Kier molecular flexibility index (Phi) is 4.21. The molecule has 0 bridgehead atoms. The van der Waals surface area contributed by atoms with Gasteiger partial charge in [-0.2, -0.15) is 0 Å². The van der Waals surface area contributed by atoms with Crippen molar-refractivity contribution in [2.24, 2.45) is 0 Å². The molecule has 0 aromatic carbocycles. The van der Waals surface area contributed by atoms with Crippen LogP contribution in [0, 0.1) is 0 Å². The number of fused-ring (bicyclic) bond motifs is 1. The molecule has 0 aliphatic rings. The van der Waals surface area contributed by atoms with Gasteiger partial charge in [-0.1, -0.05) is 0 Å². The van der Waals surface area contributed by atoms with Gasteiger partial charge in [0.15, 0.2) is 0 Å². The summed E-state index contributed by atoms with van der Waals surface area (Å²) in [7, 11) is 0. The second kappa shape index (κ2) is 5.29. The molecule has 0 aliphatic carbocycles. The number of thiophene rings is 2. The summed E-state index contributed by atoms with van der Waals surface area (Å²) in [6.45, 7) is 0.203. The first-order valence-electron chi connectivity index (χ1n) is 4.63. The van der Waals surface area contributed by atoms with Crippen molar-refractivity contribution in [3.05, 3.63) is 9.75 Å². The highest BCUT2D eigenvalue weighted by Crippen LogP contribution is 2.47. The van der Waals surface area contributed by atoms with Crippen molar-refractivity contribution in [1.29, 1.82) is 0 Å². The first-order valence-corrected chi connectivity index (χ1v) is 8.71. The Morgan fingerprint density at radius 1 is 0.875 bits per heavy atom. The van der Waals surface area contributed by atoms with E-state index in [2.05, 4.69) is 0 Å². The minimum absolute atomic E-state index is 0.102. The average Bonchev–Trinajstić information content (AvgIpc) is 2.82. The van der Waals surface area contributed by atoms with E-state index in [1.807, 2.05) is 12.5 Å². The van der Waals surface area contributed by atoms with Crippen molar-refractivity contribution < 1.29 is 10.2 Å². The standard InChI is InChI=1S/C10H12O2S4/c1-13-7-5(3-11)15-10-8(14-2)6(4-12)16-9(7)10/h11-12H,3-4H2,1-2H3. The van der Waals surface area contributed by atoms with E-state index in [4.69, 9.17) is 0 Å². The highest BCUT2D eigenvalue weighted by atomic mass is 32.2. The Bertz CT molecular complexity index is 454. The number of hydrogen-bond acceptors (Lipinski definition) is 6. The molecule has 0 amide bonds. The number of hydrogen-bond donors (Lipinski definition) is 2. The third-order valence-corrected chi connectivity index (χ3v) is 7.02. The van der Waals surface area contributed by atoms with Crippen molar-refractivity contribution in [3.8, 4) is 0 Å². The molecule has 6 heteroatoms. The molecule has 88 valence electrons. The van der Waals surface area contributed by atoms with Gasteiger partial charge in [-0.05, 0) is 12.5 Å². The molecule has 2 aromatic heterocycles. The summed E-state index contributed by atoms with van der Waals surface area (Å²) in [6.07, 6.45) is 4.05. The molecule has 2 rings (SSSR count). The maximum absolute atomic E-state index is 9.30. The molecule has 0 spiro atoms. The van der Waals surface area contributed by atoms with Crippen LogP contribution in [0.15, 0.2) is 9.79 Å². The highest BCUT2D eigenvalue weighted by molar-refractivity contribution is 8.00. The predicted molar refractivity (Wildman–Crippen MR) is 75.1 cm³/mol. The van der Waals surface area contributed by atoms with E-state index in [1.54, 1.807) is 46.2 Å². The SMILES string of the molecule is CSc1c(CO)sc2c(SC)c(CO)sc12. The number of aliphatic hydroxyl groups is 2. The van der Waals surface area contributed by atoms with E-state index in [1.165, 1.54) is 19.2 Å². The smallest absolute Gasteiger partial charge is 0.0786 e. The van der Waals surface area contributed by atoms with Crippen LogP contribution in [0.3, 0.4) is 0 Å². The second-order valence-electron chi connectivity index (χ2n) is 3.09. The summed E-state index contributed by atoms with van der Waals surface area (Å²) in [6, 6.07) is 0. The maximum Gasteiger partial charge on any atom is 0.0786 e. The quantitative estimate of drug-likeness (QED) is 0.848. The molecular weight excluding hydrogens is 280 g/mol. The van der Waals surface area contributed by atoms with Gasteiger partial charge < -0.3 is 10.2 Å². The largest absolute Gasteiger partial charge is 0.391 e. The van der Waals surface area contributed by atoms with Gasteiger partial charge in [-0.15, -0.1) is 46.2 Å². The van der Waals surface area contributed by atoms with Gasteiger partial charge in [0, 0.05) is 19.5 Å². The van der Waals surface area contributed by atoms with E-state index >= 15 is 0 Å². The van der Waals surface area contributed by atoms with Gasteiger partial charge in [-0.25, -0.2) is 0 Å². The van der Waals surface area contributed by atoms with E-state index in [0.29, 0.717) is 0 Å². The van der Waals surface area contributed by atoms with Crippen molar-refractivity contribution >= 4 is 55.6 Å².